The normalized spacial score (nSPS) is 12.6. The summed E-state index contributed by atoms with van der Waals surface area (Å²) in [6, 6.07) is 5.67. The van der Waals surface area contributed by atoms with Crippen molar-refractivity contribution < 1.29 is 9.78 Å². The zero-order chi connectivity index (χ0) is 6.27. The van der Waals surface area contributed by atoms with Gasteiger partial charge in [0, 0.05) is 5.56 Å². The Morgan fingerprint density at radius 1 is 1.11 bits per heavy atom. The predicted molar refractivity (Wildman–Crippen MR) is 32.4 cm³/mol. The summed E-state index contributed by atoms with van der Waals surface area (Å²) in [6.07, 6.45) is 0. The predicted octanol–water partition coefficient (Wildman–Crippen LogP) is 1.68. The lowest BCUT2D eigenvalue weighted by Gasteiger charge is -1.88. The summed E-state index contributed by atoms with van der Waals surface area (Å²) in [5, 5.41) is 0. The standard InChI is InChI=1S/C7H6O2/c1-5-6-3-2-4-7(5)9-8-6/h2-4H,1H3. The van der Waals surface area contributed by atoms with E-state index in [0.717, 1.165) is 17.1 Å². The fraction of sp³-hybridized carbons (Fsp3) is 0.143. The van der Waals surface area contributed by atoms with Crippen LogP contribution >= 0.6 is 0 Å². The van der Waals surface area contributed by atoms with Gasteiger partial charge >= 0.3 is 0 Å². The number of hydrogen-bond acceptors (Lipinski definition) is 2. The molecule has 1 aromatic rings. The van der Waals surface area contributed by atoms with Crippen LogP contribution in [0.25, 0.3) is 0 Å². The van der Waals surface area contributed by atoms with E-state index >= 15 is 0 Å². The van der Waals surface area contributed by atoms with Gasteiger partial charge in [0.25, 0.3) is 0 Å². The first-order valence-electron chi connectivity index (χ1n) is 2.82. The summed E-state index contributed by atoms with van der Waals surface area (Å²) in [5.41, 5.74) is 1.08. The molecule has 1 aliphatic heterocycles. The summed E-state index contributed by atoms with van der Waals surface area (Å²) in [5.74, 6) is 1.65. The van der Waals surface area contributed by atoms with Crippen molar-refractivity contribution in [3.05, 3.63) is 23.8 Å². The summed E-state index contributed by atoms with van der Waals surface area (Å²) in [4.78, 5) is 9.63. The Morgan fingerprint density at radius 2 is 1.67 bits per heavy atom. The summed E-state index contributed by atoms with van der Waals surface area (Å²) < 4.78 is 0. The molecule has 0 radical (unpaired) electrons. The van der Waals surface area contributed by atoms with Gasteiger partial charge < -0.3 is 0 Å². The van der Waals surface area contributed by atoms with Crippen molar-refractivity contribution >= 4 is 0 Å². The van der Waals surface area contributed by atoms with Crippen LogP contribution in [0.2, 0.25) is 0 Å². The highest BCUT2D eigenvalue weighted by atomic mass is 17.2. The third-order valence-corrected chi connectivity index (χ3v) is 1.46. The van der Waals surface area contributed by atoms with Crippen molar-refractivity contribution in [2.24, 2.45) is 0 Å². The zero-order valence-corrected chi connectivity index (χ0v) is 5.05. The van der Waals surface area contributed by atoms with E-state index in [9.17, 15) is 0 Å². The van der Waals surface area contributed by atoms with Crippen molar-refractivity contribution in [2.75, 3.05) is 0 Å². The van der Waals surface area contributed by atoms with Gasteiger partial charge in [-0.3, -0.25) is 9.78 Å². The molecule has 0 N–H and O–H groups in total. The van der Waals surface area contributed by atoms with E-state index in [1.54, 1.807) is 0 Å². The molecule has 2 heteroatoms. The molecule has 0 spiro atoms. The zero-order valence-electron chi connectivity index (χ0n) is 5.05. The first-order valence-corrected chi connectivity index (χ1v) is 2.82. The Labute approximate surface area is 52.9 Å². The molecule has 0 amide bonds. The molecule has 0 atom stereocenters. The highest BCUT2D eigenvalue weighted by Gasteiger charge is 2.14. The van der Waals surface area contributed by atoms with Crippen LogP contribution in [0.3, 0.4) is 0 Å². The van der Waals surface area contributed by atoms with Crippen LogP contribution in [0.4, 0.5) is 0 Å². The van der Waals surface area contributed by atoms with Gasteiger partial charge in [-0.2, -0.15) is 0 Å². The van der Waals surface area contributed by atoms with E-state index in [-0.39, 0.29) is 0 Å². The number of rotatable bonds is 0. The Kier molecular flexibility index (Phi) is 0.730. The maximum absolute atomic E-state index is 4.81. The van der Waals surface area contributed by atoms with Crippen molar-refractivity contribution in [3.8, 4) is 11.5 Å². The Balaban J connectivity index is 2.71. The van der Waals surface area contributed by atoms with Crippen LogP contribution in [0.15, 0.2) is 18.2 Å². The minimum Gasteiger partial charge on any atom is -0.290 e. The largest absolute Gasteiger partial charge is 0.290 e. The third kappa shape index (κ3) is 0.499. The quantitative estimate of drug-likeness (QED) is 0.487. The Bertz CT molecular complexity index is 220. The smallest absolute Gasteiger partial charge is 0.185 e. The lowest BCUT2D eigenvalue weighted by molar-refractivity contribution is -0.0846. The number of fused-ring (bicyclic) bond motifs is 2. The summed E-state index contributed by atoms with van der Waals surface area (Å²) >= 11 is 0. The molecule has 0 unspecified atom stereocenters. The second-order valence-corrected chi connectivity index (χ2v) is 2.05. The summed E-state index contributed by atoms with van der Waals surface area (Å²) in [7, 11) is 0. The van der Waals surface area contributed by atoms with Gasteiger partial charge in [0.1, 0.15) is 0 Å². The fourth-order valence-corrected chi connectivity index (χ4v) is 0.865. The fourth-order valence-electron chi connectivity index (χ4n) is 0.865. The first-order chi connectivity index (χ1) is 4.38. The SMILES string of the molecule is Cc1c2cccc1OO2. The maximum atomic E-state index is 4.81. The van der Waals surface area contributed by atoms with Gasteiger partial charge in [0.15, 0.2) is 11.5 Å². The van der Waals surface area contributed by atoms with Crippen LogP contribution in [0.5, 0.6) is 11.5 Å². The number of hydrogen-bond donors (Lipinski definition) is 0. The molecule has 2 nitrogen and oxygen atoms in total. The molecule has 1 aliphatic rings. The molecule has 1 aromatic carbocycles. The minimum absolute atomic E-state index is 0.826. The van der Waals surface area contributed by atoms with Gasteiger partial charge in [-0.15, -0.1) is 0 Å². The average Bonchev–Trinajstić information content (AvgIpc) is 2.19. The minimum atomic E-state index is 0.826. The van der Waals surface area contributed by atoms with Crippen LogP contribution in [-0.4, -0.2) is 0 Å². The van der Waals surface area contributed by atoms with Crippen LogP contribution in [-0.2, 0) is 0 Å². The van der Waals surface area contributed by atoms with E-state index in [2.05, 4.69) is 0 Å². The maximum Gasteiger partial charge on any atom is 0.185 e. The van der Waals surface area contributed by atoms with Gasteiger partial charge in [-0.1, -0.05) is 6.07 Å². The molecule has 0 saturated carbocycles. The molecule has 9 heavy (non-hydrogen) atoms. The van der Waals surface area contributed by atoms with E-state index < -0.39 is 0 Å². The third-order valence-electron chi connectivity index (χ3n) is 1.46. The lowest BCUT2D eigenvalue weighted by atomic mass is 10.2. The molecule has 0 aromatic heterocycles. The highest BCUT2D eigenvalue weighted by Crippen LogP contribution is 2.32. The Hall–Kier alpha value is -1.18. The molecule has 2 rings (SSSR count). The average molecular weight is 122 g/mol. The Morgan fingerprint density at radius 3 is 2.11 bits per heavy atom. The van der Waals surface area contributed by atoms with Gasteiger partial charge in [0.05, 0.1) is 0 Å². The molecule has 46 valence electrons. The lowest BCUT2D eigenvalue weighted by Crippen LogP contribution is -1.89. The summed E-state index contributed by atoms with van der Waals surface area (Å²) in [6.45, 7) is 1.97. The molecule has 0 saturated heterocycles. The van der Waals surface area contributed by atoms with Crippen LogP contribution < -0.4 is 9.78 Å². The van der Waals surface area contributed by atoms with E-state index in [1.807, 2.05) is 25.1 Å². The van der Waals surface area contributed by atoms with Crippen LogP contribution in [0.1, 0.15) is 5.56 Å². The van der Waals surface area contributed by atoms with E-state index in [1.165, 1.54) is 0 Å². The first kappa shape index (κ1) is 4.68. The van der Waals surface area contributed by atoms with E-state index in [0.29, 0.717) is 0 Å². The van der Waals surface area contributed by atoms with Gasteiger partial charge in [-0.05, 0) is 19.1 Å². The van der Waals surface area contributed by atoms with Crippen molar-refractivity contribution in [3.63, 3.8) is 0 Å². The van der Waals surface area contributed by atoms with Crippen molar-refractivity contribution in [2.45, 2.75) is 6.92 Å². The van der Waals surface area contributed by atoms with Crippen molar-refractivity contribution in [1.29, 1.82) is 0 Å². The molecule has 1 heterocycles. The molecular weight excluding hydrogens is 116 g/mol. The molecule has 2 bridgehead atoms. The van der Waals surface area contributed by atoms with Gasteiger partial charge in [0.2, 0.25) is 0 Å². The highest BCUT2D eigenvalue weighted by molar-refractivity contribution is 5.45. The van der Waals surface area contributed by atoms with E-state index in [4.69, 9.17) is 9.78 Å². The monoisotopic (exact) mass is 122 g/mol. The van der Waals surface area contributed by atoms with Crippen LogP contribution in [0, 0.1) is 6.92 Å². The van der Waals surface area contributed by atoms with Crippen molar-refractivity contribution in [1.82, 2.24) is 0 Å². The van der Waals surface area contributed by atoms with Gasteiger partial charge in [-0.25, -0.2) is 0 Å². The second-order valence-electron chi connectivity index (χ2n) is 2.05. The molecular formula is C7H6O2. The second kappa shape index (κ2) is 1.41. The molecule has 0 fully saturated rings. The number of benzene rings is 1. The topological polar surface area (TPSA) is 18.5 Å². The molecule has 0 aliphatic carbocycles.